The van der Waals surface area contributed by atoms with Crippen LogP contribution in [0.1, 0.15) is 31.4 Å². The van der Waals surface area contributed by atoms with E-state index in [0.717, 1.165) is 32.5 Å². The highest BCUT2D eigenvalue weighted by molar-refractivity contribution is 5.57. The fourth-order valence-corrected chi connectivity index (χ4v) is 2.82. The average molecular weight is 246 g/mol. The summed E-state index contributed by atoms with van der Waals surface area (Å²) in [6.45, 7) is 7.28. The lowest BCUT2D eigenvalue weighted by Crippen LogP contribution is -2.47. The molecule has 2 atom stereocenters. The van der Waals surface area contributed by atoms with Crippen LogP contribution < -0.4 is 10.6 Å². The number of nitrogens with one attached hydrogen (secondary N) is 2. The monoisotopic (exact) mass is 246 g/mol. The van der Waals surface area contributed by atoms with Crippen molar-refractivity contribution in [2.75, 3.05) is 18.5 Å². The molecule has 0 aliphatic carbocycles. The Kier molecular flexibility index (Phi) is 3.04. The molecule has 1 aromatic carbocycles. The molecule has 3 heteroatoms. The minimum absolute atomic E-state index is 0.118. The van der Waals surface area contributed by atoms with Crippen LogP contribution in [0.25, 0.3) is 0 Å². The van der Waals surface area contributed by atoms with Crippen LogP contribution in [0, 0.1) is 0 Å². The third kappa shape index (κ3) is 2.13. The highest BCUT2D eigenvalue weighted by Crippen LogP contribution is 2.27. The third-order valence-electron chi connectivity index (χ3n) is 4.47. The molecule has 2 heterocycles. The quantitative estimate of drug-likeness (QED) is 0.858. The van der Waals surface area contributed by atoms with Gasteiger partial charge in [0.15, 0.2) is 0 Å². The van der Waals surface area contributed by atoms with Gasteiger partial charge in [0.25, 0.3) is 0 Å². The van der Waals surface area contributed by atoms with Gasteiger partial charge in [0.2, 0.25) is 0 Å². The first kappa shape index (κ1) is 12.0. The summed E-state index contributed by atoms with van der Waals surface area (Å²) in [5, 5.41) is 7.10. The summed E-state index contributed by atoms with van der Waals surface area (Å²) in [4.78, 5) is 0. The zero-order valence-corrected chi connectivity index (χ0v) is 11.3. The molecule has 0 aromatic heterocycles. The van der Waals surface area contributed by atoms with Gasteiger partial charge in [-0.15, -0.1) is 0 Å². The lowest BCUT2D eigenvalue weighted by atomic mass is 9.94. The normalized spacial score (nSPS) is 30.2. The average Bonchev–Trinajstić information content (AvgIpc) is 2.95. The largest absolute Gasteiger partial charge is 0.384 e. The Balaban J connectivity index is 1.66. The van der Waals surface area contributed by atoms with Crippen LogP contribution in [-0.4, -0.2) is 24.8 Å². The van der Waals surface area contributed by atoms with Gasteiger partial charge in [0, 0.05) is 30.9 Å². The molecule has 1 fully saturated rings. The molecule has 2 aliphatic rings. The molecule has 0 spiro atoms. The maximum atomic E-state index is 5.66. The van der Waals surface area contributed by atoms with Gasteiger partial charge in [0.1, 0.15) is 0 Å². The Bertz CT molecular complexity index is 446. The van der Waals surface area contributed by atoms with Crippen molar-refractivity contribution in [1.82, 2.24) is 5.32 Å². The predicted molar refractivity (Wildman–Crippen MR) is 73.9 cm³/mol. The van der Waals surface area contributed by atoms with Gasteiger partial charge >= 0.3 is 0 Å². The van der Waals surface area contributed by atoms with Gasteiger partial charge in [-0.25, -0.2) is 0 Å². The molecule has 98 valence electrons. The zero-order chi connectivity index (χ0) is 12.6. The number of anilines is 1. The van der Waals surface area contributed by atoms with E-state index in [9.17, 15) is 0 Å². The van der Waals surface area contributed by atoms with E-state index in [1.54, 1.807) is 0 Å². The molecule has 0 radical (unpaired) electrons. The van der Waals surface area contributed by atoms with Crippen molar-refractivity contribution in [3.63, 3.8) is 0 Å². The van der Waals surface area contributed by atoms with E-state index in [1.165, 1.54) is 16.8 Å². The molecular formula is C15H22N2O. The summed E-state index contributed by atoms with van der Waals surface area (Å²) in [5.41, 5.74) is 4.23. The minimum Gasteiger partial charge on any atom is -0.384 e. The van der Waals surface area contributed by atoms with E-state index in [1.807, 2.05) is 0 Å². The summed E-state index contributed by atoms with van der Waals surface area (Å²) < 4.78 is 5.66. The van der Waals surface area contributed by atoms with Crippen LogP contribution >= 0.6 is 0 Å². The number of benzene rings is 1. The molecule has 0 saturated carbocycles. The zero-order valence-electron chi connectivity index (χ0n) is 11.3. The number of ether oxygens (including phenoxy) is 1. The second kappa shape index (κ2) is 4.56. The van der Waals surface area contributed by atoms with Gasteiger partial charge in [-0.05, 0) is 43.9 Å². The first-order valence-corrected chi connectivity index (χ1v) is 6.90. The van der Waals surface area contributed by atoms with Crippen molar-refractivity contribution in [3.05, 3.63) is 29.3 Å². The maximum Gasteiger partial charge on any atom is 0.0726 e. The van der Waals surface area contributed by atoms with Crippen molar-refractivity contribution in [2.45, 2.75) is 44.9 Å². The minimum atomic E-state index is 0.118. The predicted octanol–water partition coefficient (Wildman–Crippen LogP) is 2.31. The lowest BCUT2D eigenvalue weighted by molar-refractivity contribution is 0.0881. The molecule has 2 aliphatic heterocycles. The summed E-state index contributed by atoms with van der Waals surface area (Å²) in [6.07, 6.45) is 2.55. The van der Waals surface area contributed by atoms with Crippen LogP contribution in [-0.2, 0) is 17.7 Å². The SMILES string of the molecule is CC1OCCC1(C)NCc1ccc2c(c1)NCC2. The van der Waals surface area contributed by atoms with Crippen LogP contribution in [0.2, 0.25) is 0 Å². The second-order valence-electron chi connectivity index (χ2n) is 5.70. The first-order valence-electron chi connectivity index (χ1n) is 6.90. The number of fused-ring (bicyclic) bond motifs is 1. The molecule has 0 amide bonds. The molecular weight excluding hydrogens is 224 g/mol. The van der Waals surface area contributed by atoms with E-state index in [-0.39, 0.29) is 5.54 Å². The summed E-state index contributed by atoms with van der Waals surface area (Å²) in [5.74, 6) is 0. The number of hydrogen-bond donors (Lipinski definition) is 2. The molecule has 2 unspecified atom stereocenters. The standard InChI is InChI=1S/C15H22N2O/c1-11-15(2,6-8-18-11)17-10-12-3-4-13-5-7-16-14(13)9-12/h3-4,9,11,16-17H,5-8,10H2,1-2H3. The maximum absolute atomic E-state index is 5.66. The second-order valence-corrected chi connectivity index (χ2v) is 5.70. The van der Waals surface area contributed by atoms with Crippen LogP contribution in [0.4, 0.5) is 5.69 Å². The van der Waals surface area contributed by atoms with Gasteiger partial charge in [-0.2, -0.15) is 0 Å². The molecule has 1 saturated heterocycles. The van der Waals surface area contributed by atoms with Crippen LogP contribution in [0.3, 0.4) is 0 Å². The van der Waals surface area contributed by atoms with E-state index in [2.05, 4.69) is 42.7 Å². The highest BCUT2D eigenvalue weighted by atomic mass is 16.5. The van der Waals surface area contributed by atoms with Gasteiger partial charge in [-0.1, -0.05) is 12.1 Å². The Morgan fingerprint density at radius 2 is 2.39 bits per heavy atom. The molecule has 3 rings (SSSR count). The van der Waals surface area contributed by atoms with E-state index < -0.39 is 0 Å². The Hall–Kier alpha value is -1.06. The Labute approximate surface area is 109 Å². The van der Waals surface area contributed by atoms with Gasteiger partial charge in [-0.3, -0.25) is 0 Å². The van der Waals surface area contributed by atoms with E-state index in [0.29, 0.717) is 6.10 Å². The van der Waals surface area contributed by atoms with Crippen molar-refractivity contribution in [1.29, 1.82) is 0 Å². The fraction of sp³-hybridized carbons (Fsp3) is 0.600. The summed E-state index contributed by atoms with van der Waals surface area (Å²) in [7, 11) is 0. The van der Waals surface area contributed by atoms with Gasteiger partial charge < -0.3 is 15.4 Å². The molecule has 18 heavy (non-hydrogen) atoms. The van der Waals surface area contributed by atoms with Crippen LogP contribution in [0.5, 0.6) is 0 Å². The number of rotatable bonds is 3. The Morgan fingerprint density at radius 3 is 3.17 bits per heavy atom. The van der Waals surface area contributed by atoms with Crippen molar-refractivity contribution in [2.24, 2.45) is 0 Å². The van der Waals surface area contributed by atoms with Gasteiger partial charge in [0.05, 0.1) is 6.10 Å². The molecule has 3 nitrogen and oxygen atoms in total. The lowest BCUT2D eigenvalue weighted by Gasteiger charge is -2.29. The smallest absolute Gasteiger partial charge is 0.0726 e. The highest BCUT2D eigenvalue weighted by Gasteiger charge is 2.36. The Morgan fingerprint density at radius 1 is 1.50 bits per heavy atom. The third-order valence-corrected chi connectivity index (χ3v) is 4.47. The van der Waals surface area contributed by atoms with Crippen molar-refractivity contribution < 1.29 is 4.74 Å². The fourth-order valence-electron chi connectivity index (χ4n) is 2.82. The van der Waals surface area contributed by atoms with Crippen molar-refractivity contribution in [3.8, 4) is 0 Å². The summed E-state index contributed by atoms with van der Waals surface area (Å²) >= 11 is 0. The first-order chi connectivity index (χ1) is 8.67. The van der Waals surface area contributed by atoms with Crippen molar-refractivity contribution >= 4 is 5.69 Å². The number of hydrogen-bond acceptors (Lipinski definition) is 3. The molecule has 2 N–H and O–H groups in total. The topological polar surface area (TPSA) is 33.3 Å². The van der Waals surface area contributed by atoms with E-state index in [4.69, 9.17) is 4.74 Å². The molecule has 1 aromatic rings. The summed E-state index contributed by atoms with van der Waals surface area (Å²) in [6, 6.07) is 6.77. The van der Waals surface area contributed by atoms with E-state index >= 15 is 0 Å². The molecule has 0 bridgehead atoms. The van der Waals surface area contributed by atoms with Crippen LogP contribution in [0.15, 0.2) is 18.2 Å².